The molecule has 0 atom stereocenters. The number of rotatable bonds is 8. The van der Waals surface area contributed by atoms with Crippen molar-refractivity contribution in [1.82, 2.24) is 5.32 Å². The van der Waals surface area contributed by atoms with E-state index >= 15 is 0 Å². The minimum atomic E-state index is -0.994. The lowest BCUT2D eigenvalue weighted by Crippen LogP contribution is -2.32. The second-order valence-electron chi connectivity index (χ2n) is 5.56. The highest BCUT2D eigenvalue weighted by Gasteiger charge is 2.27. The Bertz CT molecular complexity index is 612. The zero-order valence-electron chi connectivity index (χ0n) is 13.3. The van der Waals surface area contributed by atoms with Gasteiger partial charge in [0.25, 0.3) is 11.6 Å². The van der Waals surface area contributed by atoms with Crippen molar-refractivity contribution in [2.75, 3.05) is 13.2 Å². The number of hydrogen-bond acceptors (Lipinski definition) is 5. The number of carboxylic acids is 1. The van der Waals surface area contributed by atoms with Gasteiger partial charge in [-0.1, -0.05) is 0 Å². The Morgan fingerprint density at radius 1 is 1.39 bits per heavy atom. The van der Waals surface area contributed by atoms with Crippen molar-refractivity contribution in [3.63, 3.8) is 0 Å². The Morgan fingerprint density at radius 2 is 2.04 bits per heavy atom. The van der Waals surface area contributed by atoms with Gasteiger partial charge in [0, 0.05) is 12.6 Å². The molecular formula is C15H20N2O6. The summed E-state index contributed by atoms with van der Waals surface area (Å²) in [6.07, 6.45) is 0.201. The molecule has 0 bridgehead atoms. The summed E-state index contributed by atoms with van der Waals surface area (Å²) in [7, 11) is 0. The standard InChI is InChI=1S/C15H20N2O6/c1-4-23-10-5-6-12(17(21)22)11(9-10)13(18)16-8-7-15(2,3)14(19)20/h5-6,9H,4,7-8H2,1-3H3,(H,16,18)(H,19,20). The van der Waals surface area contributed by atoms with Crippen LogP contribution in [0.1, 0.15) is 37.6 Å². The molecule has 0 heterocycles. The number of amides is 1. The van der Waals surface area contributed by atoms with E-state index in [1.807, 2.05) is 0 Å². The van der Waals surface area contributed by atoms with Gasteiger partial charge in [0.2, 0.25) is 0 Å². The van der Waals surface area contributed by atoms with E-state index in [0.29, 0.717) is 12.4 Å². The van der Waals surface area contributed by atoms with E-state index < -0.39 is 22.2 Å². The highest BCUT2D eigenvalue weighted by atomic mass is 16.6. The molecule has 0 radical (unpaired) electrons. The lowest BCUT2D eigenvalue weighted by molar-refractivity contribution is -0.385. The first-order chi connectivity index (χ1) is 10.7. The molecule has 1 aromatic rings. The van der Waals surface area contributed by atoms with E-state index in [4.69, 9.17) is 9.84 Å². The van der Waals surface area contributed by atoms with Gasteiger partial charge in [-0.05, 0) is 39.3 Å². The van der Waals surface area contributed by atoms with Gasteiger partial charge in [0.15, 0.2) is 0 Å². The van der Waals surface area contributed by atoms with Crippen LogP contribution in [0.3, 0.4) is 0 Å². The molecule has 23 heavy (non-hydrogen) atoms. The van der Waals surface area contributed by atoms with Crippen LogP contribution in [0.25, 0.3) is 0 Å². The maximum atomic E-state index is 12.2. The monoisotopic (exact) mass is 324 g/mol. The highest BCUT2D eigenvalue weighted by Crippen LogP contribution is 2.24. The van der Waals surface area contributed by atoms with Gasteiger partial charge < -0.3 is 15.2 Å². The molecule has 0 aliphatic rings. The summed E-state index contributed by atoms with van der Waals surface area (Å²) in [5, 5.41) is 22.6. The molecule has 8 nitrogen and oxygen atoms in total. The average molecular weight is 324 g/mol. The van der Waals surface area contributed by atoms with E-state index in [9.17, 15) is 19.7 Å². The van der Waals surface area contributed by atoms with Crippen molar-refractivity contribution in [2.24, 2.45) is 5.41 Å². The molecule has 0 saturated heterocycles. The average Bonchev–Trinajstić information content (AvgIpc) is 2.46. The Morgan fingerprint density at radius 3 is 2.57 bits per heavy atom. The molecule has 0 aliphatic carbocycles. The fraction of sp³-hybridized carbons (Fsp3) is 0.467. The molecule has 0 spiro atoms. The molecule has 8 heteroatoms. The normalized spacial score (nSPS) is 10.9. The Balaban J connectivity index is 2.87. The Labute approximate surface area is 133 Å². The van der Waals surface area contributed by atoms with Gasteiger partial charge in [0.05, 0.1) is 16.9 Å². The minimum absolute atomic E-state index is 0.0914. The van der Waals surface area contributed by atoms with Gasteiger partial charge in [-0.25, -0.2) is 0 Å². The summed E-state index contributed by atoms with van der Waals surface area (Å²) in [4.78, 5) is 33.5. The van der Waals surface area contributed by atoms with E-state index in [2.05, 4.69) is 5.32 Å². The molecule has 1 rings (SSSR count). The summed E-state index contributed by atoms with van der Waals surface area (Å²) >= 11 is 0. The minimum Gasteiger partial charge on any atom is -0.494 e. The second kappa shape index (κ2) is 7.57. The van der Waals surface area contributed by atoms with Crippen molar-refractivity contribution < 1.29 is 24.4 Å². The number of nitro groups is 1. The zero-order chi connectivity index (χ0) is 17.6. The van der Waals surface area contributed by atoms with Crippen molar-refractivity contribution in [3.05, 3.63) is 33.9 Å². The summed E-state index contributed by atoms with van der Waals surface area (Å²) in [5.41, 5.74) is -1.44. The van der Waals surface area contributed by atoms with Gasteiger partial charge >= 0.3 is 5.97 Å². The van der Waals surface area contributed by atoms with Crippen molar-refractivity contribution in [2.45, 2.75) is 27.2 Å². The number of carboxylic acid groups (broad SMARTS) is 1. The fourth-order valence-corrected chi connectivity index (χ4v) is 1.80. The number of benzene rings is 1. The van der Waals surface area contributed by atoms with Crippen LogP contribution in [-0.4, -0.2) is 35.1 Å². The van der Waals surface area contributed by atoms with Gasteiger partial charge in [0.1, 0.15) is 11.3 Å². The van der Waals surface area contributed by atoms with Crippen molar-refractivity contribution >= 4 is 17.6 Å². The molecule has 0 fully saturated rings. The highest BCUT2D eigenvalue weighted by molar-refractivity contribution is 5.98. The predicted molar refractivity (Wildman–Crippen MR) is 82.6 cm³/mol. The zero-order valence-corrected chi connectivity index (χ0v) is 13.3. The van der Waals surface area contributed by atoms with Crippen LogP contribution >= 0.6 is 0 Å². The second-order valence-corrected chi connectivity index (χ2v) is 5.56. The van der Waals surface area contributed by atoms with Crippen molar-refractivity contribution in [3.8, 4) is 5.75 Å². The number of carbonyl (C=O) groups is 2. The molecule has 1 aromatic carbocycles. The molecule has 0 unspecified atom stereocenters. The van der Waals surface area contributed by atoms with Crippen LogP contribution in [0.2, 0.25) is 0 Å². The van der Waals surface area contributed by atoms with E-state index in [1.165, 1.54) is 18.2 Å². The Hall–Kier alpha value is -2.64. The molecular weight excluding hydrogens is 304 g/mol. The summed E-state index contributed by atoms with van der Waals surface area (Å²) in [6, 6.07) is 3.94. The van der Waals surface area contributed by atoms with Crippen LogP contribution in [0, 0.1) is 15.5 Å². The lowest BCUT2D eigenvalue weighted by Gasteiger charge is -2.18. The van der Waals surface area contributed by atoms with Crippen LogP contribution in [0.15, 0.2) is 18.2 Å². The quantitative estimate of drug-likeness (QED) is 0.559. The number of aliphatic carboxylic acids is 1. The predicted octanol–water partition coefficient (Wildman–Crippen LogP) is 2.22. The van der Waals surface area contributed by atoms with Gasteiger partial charge in [-0.2, -0.15) is 0 Å². The van der Waals surface area contributed by atoms with Gasteiger partial charge in [-0.15, -0.1) is 0 Å². The van der Waals surface area contributed by atoms with Crippen LogP contribution < -0.4 is 10.1 Å². The molecule has 2 N–H and O–H groups in total. The molecule has 0 aliphatic heterocycles. The van der Waals surface area contributed by atoms with E-state index in [-0.39, 0.29) is 24.2 Å². The molecule has 1 amide bonds. The number of ether oxygens (including phenoxy) is 1. The number of nitro benzene ring substituents is 1. The maximum absolute atomic E-state index is 12.2. The number of nitrogens with one attached hydrogen (secondary N) is 1. The molecule has 126 valence electrons. The van der Waals surface area contributed by atoms with Crippen LogP contribution in [0.4, 0.5) is 5.69 Å². The number of carbonyl (C=O) groups excluding carboxylic acids is 1. The third-order valence-electron chi connectivity index (χ3n) is 3.33. The summed E-state index contributed by atoms with van der Waals surface area (Å²) in [6.45, 7) is 5.30. The topological polar surface area (TPSA) is 119 Å². The Kier molecular flexibility index (Phi) is 6.06. The maximum Gasteiger partial charge on any atom is 0.309 e. The summed E-state index contributed by atoms with van der Waals surface area (Å²) in [5.74, 6) is -1.26. The largest absolute Gasteiger partial charge is 0.494 e. The number of nitrogens with zero attached hydrogens (tertiary/aromatic N) is 1. The van der Waals surface area contributed by atoms with E-state index in [0.717, 1.165) is 0 Å². The third-order valence-corrected chi connectivity index (χ3v) is 3.33. The fourth-order valence-electron chi connectivity index (χ4n) is 1.80. The smallest absolute Gasteiger partial charge is 0.309 e. The SMILES string of the molecule is CCOc1ccc([N+](=O)[O-])c(C(=O)NCCC(C)(C)C(=O)O)c1. The van der Waals surface area contributed by atoms with Crippen LogP contribution in [0.5, 0.6) is 5.75 Å². The first-order valence-corrected chi connectivity index (χ1v) is 7.12. The van der Waals surface area contributed by atoms with Crippen LogP contribution in [-0.2, 0) is 4.79 Å². The number of hydrogen-bond donors (Lipinski definition) is 2. The third kappa shape index (κ3) is 4.94. The first-order valence-electron chi connectivity index (χ1n) is 7.12. The molecule has 0 saturated carbocycles. The molecule has 0 aromatic heterocycles. The van der Waals surface area contributed by atoms with Crippen molar-refractivity contribution in [1.29, 1.82) is 0 Å². The lowest BCUT2D eigenvalue weighted by atomic mass is 9.89. The summed E-state index contributed by atoms with van der Waals surface area (Å²) < 4.78 is 5.24. The first kappa shape index (κ1) is 18.4. The van der Waals surface area contributed by atoms with Gasteiger partial charge in [-0.3, -0.25) is 19.7 Å². The van der Waals surface area contributed by atoms with E-state index in [1.54, 1.807) is 20.8 Å².